The lowest BCUT2D eigenvalue weighted by Gasteiger charge is -2.23. The quantitative estimate of drug-likeness (QED) is 0.650. The number of thiazole rings is 1. The Morgan fingerprint density at radius 3 is 2.43 bits per heavy atom. The summed E-state index contributed by atoms with van der Waals surface area (Å²) in [7, 11) is -3.09. The third-order valence-corrected chi connectivity index (χ3v) is 8.40. The van der Waals surface area contributed by atoms with Crippen LogP contribution in [0.3, 0.4) is 0 Å². The maximum absolute atomic E-state index is 12.8. The molecular formula is C23H24N2O3S2. The normalized spacial score (nSPS) is 20.2. The Balaban J connectivity index is 1.63. The molecule has 0 unspecified atom stereocenters. The molecule has 5 nitrogen and oxygen atoms in total. The summed E-state index contributed by atoms with van der Waals surface area (Å²) in [5.41, 5.74) is 3.21. The van der Waals surface area contributed by atoms with Gasteiger partial charge in [0.05, 0.1) is 34.0 Å². The van der Waals surface area contributed by atoms with E-state index >= 15 is 0 Å². The molecular weight excluding hydrogens is 416 g/mol. The molecule has 3 aromatic rings. The van der Waals surface area contributed by atoms with Gasteiger partial charge in [0, 0.05) is 5.56 Å². The van der Waals surface area contributed by atoms with Crippen LogP contribution in [0.5, 0.6) is 0 Å². The number of benzene rings is 2. The van der Waals surface area contributed by atoms with E-state index in [1.54, 1.807) is 18.3 Å². The fourth-order valence-electron chi connectivity index (χ4n) is 3.75. The molecule has 1 aliphatic heterocycles. The van der Waals surface area contributed by atoms with Gasteiger partial charge in [-0.2, -0.15) is 0 Å². The highest BCUT2D eigenvalue weighted by Crippen LogP contribution is 2.36. The number of sulfone groups is 1. The van der Waals surface area contributed by atoms with Crippen LogP contribution in [0.25, 0.3) is 21.0 Å². The number of nitrogens with zero attached hydrogens (tertiary/aromatic N) is 1. The van der Waals surface area contributed by atoms with Crippen LogP contribution < -0.4 is 5.32 Å². The molecule has 2 heterocycles. The van der Waals surface area contributed by atoms with Crippen molar-refractivity contribution in [2.45, 2.75) is 32.2 Å². The standard InChI is InChI=1S/C23H24N2O3S2/c1-16-8-10-17(11-9-16)21-19(24-22(29-21)18-6-4-3-5-7-18)14-20(26)25-23(2)12-13-30(27,28)15-23/h3-11H,12-15H2,1-2H3,(H,25,26)/t23-/m0/s1. The molecule has 2 aromatic carbocycles. The molecule has 1 fully saturated rings. The molecule has 0 aliphatic carbocycles. The minimum Gasteiger partial charge on any atom is -0.350 e. The fourth-order valence-corrected chi connectivity index (χ4v) is 6.93. The molecule has 1 amide bonds. The fraction of sp³-hybridized carbons (Fsp3) is 0.304. The summed E-state index contributed by atoms with van der Waals surface area (Å²) < 4.78 is 23.7. The maximum Gasteiger partial charge on any atom is 0.226 e. The van der Waals surface area contributed by atoms with Crippen molar-refractivity contribution in [3.63, 3.8) is 0 Å². The van der Waals surface area contributed by atoms with E-state index in [2.05, 4.69) is 5.32 Å². The van der Waals surface area contributed by atoms with Crippen molar-refractivity contribution in [1.29, 1.82) is 0 Å². The van der Waals surface area contributed by atoms with Crippen LogP contribution in [0.1, 0.15) is 24.6 Å². The molecule has 7 heteroatoms. The van der Waals surface area contributed by atoms with Crippen molar-refractivity contribution in [2.75, 3.05) is 11.5 Å². The van der Waals surface area contributed by atoms with E-state index in [4.69, 9.17) is 4.98 Å². The molecule has 1 N–H and O–H groups in total. The summed E-state index contributed by atoms with van der Waals surface area (Å²) in [5, 5.41) is 3.81. The predicted octanol–water partition coefficient (Wildman–Crippen LogP) is 4.02. The summed E-state index contributed by atoms with van der Waals surface area (Å²) in [6.45, 7) is 3.84. The highest BCUT2D eigenvalue weighted by Gasteiger charge is 2.39. The summed E-state index contributed by atoms with van der Waals surface area (Å²) in [6, 6.07) is 18.1. The zero-order chi connectivity index (χ0) is 21.4. The van der Waals surface area contributed by atoms with Crippen molar-refractivity contribution in [3.8, 4) is 21.0 Å². The van der Waals surface area contributed by atoms with Crippen molar-refractivity contribution >= 4 is 27.1 Å². The van der Waals surface area contributed by atoms with Gasteiger partial charge in [-0.1, -0.05) is 60.2 Å². The van der Waals surface area contributed by atoms with Crippen molar-refractivity contribution in [1.82, 2.24) is 10.3 Å². The first-order valence-electron chi connectivity index (χ1n) is 9.87. The molecule has 156 valence electrons. The topological polar surface area (TPSA) is 76.1 Å². The number of nitrogens with one attached hydrogen (secondary N) is 1. The number of aryl methyl sites for hydroxylation is 1. The third-order valence-electron chi connectivity index (χ3n) is 5.30. The number of carbonyl (C=O) groups excluding carboxylic acids is 1. The molecule has 4 rings (SSSR count). The van der Waals surface area contributed by atoms with Gasteiger partial charge in [-0.05, 0) is 25.8 Å². The van der Waals surface area contributed by atoms with E-state index in [9.17, 15) is 13.2 Å². The highest BCUT2D eigenvalue weighted by molar-refractivity contribution is 7.91. The van der Waals surface area contributed by atoms with Crippen molar-refractivity contribution < 1.29 is 13.2 Å². The highest BCUT2D eigenvalue weighted by atomic mass is 32.2. The van der Waals surface area contributed by atoms with E-state index in [-0.39, 0.29) is 23.8 Å². The van der Waals surface area contributed by atoms with Gasteiger partial charge in [0.15, 0.2) is 9.84 Å². The Morgan fingerprint density at radius 2 is 1.80 bits per heavy atom. The lowest BCUT2D eigenvalue weighted by molar-refractivity contribution is -0.121. The predicted molar refractivity (Wildman–Crippen MR) is 121 cm³/mol. The smallest absolute Gasteiger partial charge is 0.226 e. The van der Waals surface area contributed by atoms with Crippen LogP contribution in [-0.4, -0.2) is 36.4 Å². The monoisotopic (exact) mass is 440 g/mol. The summed E-state index contributed by atoms with van der Waals surface area (Å²) in [4.78, 5) is 18.6. The van der Waals surface area contributed by atoms with Crippen LogP contribution in [0, 0.1) is 6.92 Å². The number of hydrogen-bond donors (Lipinski definition) is 1. The average molecular weight is 441 g/mol. The van der Waals surface area contributed by atoms with Crippen LogP contribution in [0.4, 0.5) is 0 Å². The second-order valence-corrected chi connectivity index (χ2v) is 11.3. The minimum absolute atomic E-state index is 0.0110. The zero-order valence-corrected chi connectivity index (χ0v) is 18.6. The first-order valence-corrected chi connectivity index (χ1v) is 12.5. The maximum atomic E-state index is 12.8. The van der Waals surface area contributed by atoms with Gasteiger partial charge >= 0.3 is 0 Å². The lowest BCUT2D eigenvalue weighted by Crippen LogP contribution is -2.47. The summed E-state index contributed by atoms with van der Waals surface area (Å²) in [5.74, 6) is -0.0938. The van der Waals surface area contributed by atoms with Crippen LogP contribution in [-0.2, 0) is 21.1 Å². The average Bonchev–Trinajstić information content (AvgIpc) is 3.23. The lowest BCUT2D eigenvalue weighted by atomic mass is 10.0. The molecule has 1 atom stereocenters. The second-order valence-electron chi connectivity index (χ2n) is 8.15. The molecule has 30 heavy (non-hydrogen) atoms. The van der Waals surface area contributed by atoms with Gasteiger partial charge in [-0.25, -0.2) is 13.4 Å². The van der Waals surface area contributed by atoms with E-state index in [1.807, 2.05) is 61.5 Å². The molecule has 1 saturated heterocycles. The number of carbonyl (C=O) groups is 1. The zero-order valence-electron chi connectivity index (χ0n) is 17.0. The minimum atomic E-state index is -3.09. The molecule has 0 spiro atoms. The van der Waals surface area contributed by atoms with E-state index in [1.165, 1.54) is 5.56 Å². The third kappa shape index (κ3) is 4.63. The number of rotatable bonds is 5. The first kappa shape index (κ1) is 20.8. The van der Waals surface area contributed by atoms with Crippen LogP contribution >= 0.6 is 11.3 Å². The largest absolute Gasteiger partial charge is 0.350 e. The van der Waals surface area contributed by atoms with Crippen LogP contribution in [0.15, 0.2) is 54.6 Å². The molecule has 0 saturated carbocycles. The van der Waals surface area contributed by atoms with Crippen LogP contribution in [0.2, 0.25) is 0 Å². The Labute approximate surface area is 181 Å². The Hall–Kier alpha value is -2.51. The second kappa shape index (κ2) is 7.96. The molecule has 0 bridgehead atoms. The Morgan fingerprint density at radius 1 is 1.10 bits per heavy atom. The number of hydrogen-bond acceptors (Lipinski definition) is 5. The molecule has 1 aromatic heterocycles. The van der Waals surface area contributed by atoms with Crippen molar-refractivity contribution in [3.05, 3.63) is 65.9 Å². The van der Waals surface area contributed by atoms with Gasteiger partial charge in [0.25, 0.3) is 0 Å². The molecule has 1 aliphatic rings. The Bertz CT molecular complexity index is 1170. The first-order chi connectivity index (χ1) is 14.2. The van der Waals surface area contributed by atoms with Gasteiger partial charge < -0.3 is 5.32 Å². The van der Waals surface area contributed by atoms with Gasteiger partial charge in [-0.3, -0.25) is 4.79 Å². The summed E-state index contributed by atoms with van der Waals surface area (Å²) >= 11 is 1.57. The van der Waals surface area contributed by atoms with E-state index in [0.29, 0.717) is 12.1 Å². The van der Waals surface area contributed by atoms with Gasteiger partial charge in [0.2, 0.25) is 5.91 Å². The van der Waals surface area contributed by atoms with E-state index < -0.39 is 15.4 Å². The van der Waals surface area contributed by atoms with E-state index in [0.717, 1.165) is 21.0 Å². The SMILES string of the molecule is Cc1ccc(-c2sc(-c3ccccc3)nc2CC(=O)N[C@@]2(C)CCS(=O)(=O)C2)cc1. The molecule has 0 radical (unpaired) electrons. The Kier molecular flexibility index (Phi) is 5.51. The van der Waals surface area contributed by atoms with Crippen molar-refractivity contribution in [2.24, 2.45) is 0 Å². The van der Waals surface area contributed by atoms with Gasteiger partial charge in [-0.15, -0.1) is 11.3 Å². The number of aromatic nitrogens is 1. The number of amides is 1. The van der Waals surface area contributed by atoms with Gasteiger partial charge in [0.1, 0.15) is 5.01 Å². The summed E-state index contributed by atoms with van der Waals surface area (Å²) in [6.07, 6.45) is 0.556.